The van der Waals surface area contributed by atoms with E-state index in [4.69, 9.17) is 26.1 Å². The second kappa shape index (κ2) is 8.20. The zero-order valence-electron chi connectivity index (χ0n) is 17.5. The van der Waals surface area contributed by atoms with Gasteiger partial charge < -0.3 is 26.1 Å². The molecule has 1 aromatic carbocycles. The maximum absolute atomic E-state index is 9.10. The molecule has 0 aliphatic heterocycles. The highest BCUT2D eigenvalue weighted by Crippen LogP contribution is 2.45. The Morgan fingerprint density at radius 3 is 2.67 bits per heavy atom. The summed E-state index contributed by atoms with van der Waals surface area (Å²) >= 11 is 0. The van der Waals surface area contributed by atoms with Crippen LogP contribution in [0.2, 0.25) is 0 Å². The van der Waals surface area contributed by atoms with Gasteiger partial charge in [0.25, 0.3) is 0 Å². The zero-order valence-corrected chi connectivity index (χ0v) is 17.5. The van der Waals surface area contributed by atoms with Crippen LogP contribution in [0, 0.1) is 0 Å². The van der Waals surface area contributed by atoms with Crippen molar-refractivity contribution in [3.8, 4) is 17.0 Å². The maximum atomic E-state index is 9.10. The topological polar surface area (TPSA) is 129 Å². The standard InChI is InChI=1S/C22H29N5O3/c1-22(2)18-19(25-12-26-21(18)24)16-8-7-15(30-14-5-3-13(23)4-6-14)11-17(16)20(22)27-29-10-9-28/h7-8,11-14,28H,3-6,9-10,23H2,1-2H3,(H2,24,25,26)/b27-20+/t13-,14+. The van der Waals surface area contributed by atoms with Crippen LogP contribution in [0.1, 0.15) is 50.7 Å². The van der Waals surface area contributed by atoms with Crippen molar-refractivity contribution < 1.29 is 14.7 Å². The van der Waals surface area contributed by atoms with Gasteiger partial charge in [0, 0.05) is 28.1 Å². The Balaban J connectivity index is 1.76. The van der Waals surface area contributed by atoms with Gasteiger partial charge in [-0.15, -0.1) is 0 Å². The molecule has 0 saturated heterocycles. The highest BCUT2D eigenvalue weighted by Gasteiger charge is 2.41. The van der Waals surface area contributed by atoms with Crippen LogP contribution in [0.5, 0.6) is 5.75 Å². The first kappa shape index (κ1) is 20.6. The molecule has 0 bridgehead atoms. The van der Waals surface area contributed by atoms with Gasteiger partial charge in [0.05, 0.1) is 24.1 Å². The minimum atomic E-state index is -0.584. The smallest absolute Gasteiger partial charge is 0.140 e. The molecule has 0 spiro atoms. The number of hydrogen-bond acceptors (Lipinski definition) is 8. The van der Waals surface area contributed by atoms with E-state index in [-0.39, 0.29) is 25.4 Å². The average Bonchev–Trinajstić information content (AvgIpc) is 2.72. The Bertz CT molecular complexity index is 952. The third-order valence-electron chi connectivity index (χ3n) is 5.95. The van der Waals surface area contributed by atoms with Crippen LogP contribution in [-0.4, -0.2) is 46.1 Å². The molecule has 4 rings (SSSR count). The molecule has 2 aromatic rings. The van der Waals surface area contributed by atoms with Crippen LogP contribution in [-0.2, 0) is 10.3 Å². The summed E-state index contributed by atoms with van der Waals surface area (Å²) in [6.07, 6.45) is 5.51. The Labute approximate surface area is 176 Å². The lowest BCUT2D eigenvalue weighted by molar-refractivity contribution is 0.0975. The minimum Gasteiger partial charge on any atom is -0.490 e. The van der Waals surface area contributed by atoms with Gasteiger partial charge in [0.15, 0.2) is 0 Å². The van der Waals surface area contributed by atoms with Gasteiger partial charge in [-0.05, 0) is 57.7 Å². The second-order valence-electron chi connectivity index (χ2n) is 8.47. The van der Waals surface area contributed by atoms with Crippen LogP contribution in [0.15, 0.2) is 29.7 Å². The fraction of sp³-hybridized carbons (Fsp3) is 0.500. The normalized spacial score (nSPS) is 23.5. The number of benzene rings is 1. The van der Waals surface area contributed by atoms with Crippen molar-refractivity contribution in [1.29, 1.82) is 0 Å². The quantitative estimate of drug-likeness (QED) is 0.509. The van der Waals surface area contributed by atoms with Crippen LogP contribution in [0.25, 0.3) is 11.3 Å². The third kappa shape index (κ3) is 3.73. The van der Waals surface area contributed by atoms with Crippen molar-refractivity contribution in [2.75, 3.05) is 18.9 Å². The molecule has 0 radical (unpaired) electrons. The number of fused-ring (bicyclic) bond motifs is 3. The van der Waals surface area contributed by atoms with E-state index in [0.29, 0.717) is 11.5 Å². The zero-order chi connectivity index (χ0) is 21.3. The van der Waals surface area contributed by atoms with Crippen molar-refractivity contribution in [2.45, 2.75) is 57.1 Å². The molecule has 30 heavy (non-hydrogen) atoms. The van der Waals surface area contributed by atoms with Crippen molar-refractivity contribution in [2.24, 2.45) is 10.9 Å². The molecule has 1 aromatic heterocycles. The van der Waals surface area contributed by atoms with Gasteiger partial charge in [-0.1, -0.05) is 5.16 Å². The lowest BCUT2D eigenvalue weighted by Gasteiger charge is -2.35. The molecule has 0 unspecified atom stereocenters. The fourth-order valence-electron chi connectivity index (χ4n) is 4.39. The summed E-state index contributed by atoms with van der Waals surface area (Å²) in [4.78, 5) is 14.1. The highest BCUT2D eigenvalue weighted by molar-refractivity contribution is 6.15. The molecule has 160 valence electrons. The molecule has 2 aliphatic rings. The van der Waals surface area contributed by atoms with Gasteiger partial charge in [-0.3, -0.25) is 0 Å². The van der Waals surface area contributed by atoms with E-state index in [9.17, 15) is 0 Å². The molecule has 0 amide bonds. The third-order valence-corrected chi connectivity index (χ3v) is 5.95. The Hall–Kier alpha value is -2.71. The van der Waals surface area contributed by atoms with Crippen molar-refractivity contribution in [3.05, 3.63) is 35.7 Å². The summed E-state index contributed by atoms with van der Waals surface area (Å²) in [5.41, 5.74) is 15.8. The summed E-state index contributed by atoms with van der Waals surface area (Å²) < 4.78 is 6.27. The number of nitrogen functional groups attached to an aromatic ring is 1. The van der Waals surface area contributed by atoms with Crippen LogP contribution >= 0.6 is 0 Å². The van der Waals surface area contributed by atoms with Crippen LogP contribution in [0.3, 0.4) is 0 Å². The maximum Gasteiger partial charge on any atom is 0.140 e. The molecule has 1 fully saturated rings. The van der Waals surface area contributed by atoms with E-state index in [0.717, 1.165) is 53.8 Å². The molecule has 2 aliphatic carbocycles. The number of ether oxygens (including phenoxy) is 1. The molecule has 1 saturated carbocycles. The molecule has 8 nitrogen and oxygen atoms in total. The number of aliphatic hydroxyl groups excluding tert-OH is 1. The number of nitrogens with two attached hydrogens (primary N) is 2. The summed E-state index contributed by atoms with van der Waals surface area (Å²) in [5.74, 6) is 1.20. The number of oxime groups is 1. The SMILES string of the molecule is CC1(C)/C(=N/OCCO)c2cc(O[C@H]3CC[C@@H](N)CC3)ccc2-c2ncnc(N)c21. The number of anilines is 1. The first-order valence-corrected chi connectivity index (χ1v) is 10.4. The molecular formula is C22H29N5O3. The number of hydrogen-bond donors (Lipinski definition) is 3. The van der Waals surface area contributed by atoms with E-state index < -0.39 is 5.41 Å². The van der Waals surface area contributed by atoms with E-state index in [1.54, 1.807) is 0 Å². The van der Waals surface area contributed by atoms with Gasteiger partial charge in [0.1, 0.15) is 24.5 Å². The van der Waals surface area contributed by atoms with Crippen LogP contribution in [0.4, 0.5) is 5.82 Å². The number of rotatable bonds is 5. The molecule has 0 atom stereocenters. The lowest BCUT2D eigenvalue weighted by Crippen LogP contribution is -2.36. The second-order valence-corrected chi connectivity index (χ2v) is 8.47. The summed E-state index contributed by atoms with van der Waals surface area (Å²) in [7, 11) is 0. The van der Waals surface area contributed by atoms with E-state index in [1.807, 2.05) is 32.0 Å². The first-order valence-electron chi connectivity index (χ1n) is 10.4. The Morgan fingerprint density at radius 1 is 1.17 bits per heavy atom. The summed E-state index contributed by atoms with van der Waals surface area (Å²) in [6, 6.07) is 6.22. The molecule has 5 N–H and O–H groups in total. The number of nitrogens with zero attached hydrogens (tertiary/aromatic N) is 3. The summed E-state index contributed by atoms with van der Waals surface area (Å²) in [6.45, 7) is 4.04. The fourth-order valence-corrected chi connectivity index (χ4v) is 4.39. The molecule has 1 heterocycles. The first-order chi connectivity index (χ1) is 14.4. The predicted molar refractivity (Wildman–Crippen MR) is 115 cm³/mol. The van der Waals surface area contributed by atoms with E-state index in [1.165, 1.54) is 6.33 Å². The Morgan fingerprint density at radius 2 is 1.93 bits per heavy atom. The van der Waals surface area contributed by atoms with Crippen LogP contribution < -0.4 is 16.2 Å². The van der Waals surface area contributed by atoms with Crippen molar-refractivity contribution >= 4 is 11.5 Å². The number of aromatic nitrogens is 2. The average molecular weight is 412 g/mol. The van der Waals surface area contributed by atoms with Crippen molar-refractivity contribution in [3.63, 3.8) is 0 Å². The van der Waals surface area contributed by atoms with E-state index in [2.05, 4.69) is 15.1 Å². The summed E-state index contributed by atoms with van der Waals surface area (Å²) in [5, 5.41) is 13.5. The minimum absolute atomic E-state index is 0.112. The Kier molecular flexibility index (Phi) is 5.62. The van der Waals surface area contributed by atoms with E-state index >= 15 is 0 Å². The molecule has 8 heteroatoms. The monoisotopic (exact) mass is 411 g/mol. The lowest BCUT2D eigenvalue weighted by atomic mass is 9.70. The van der Waals surface area contributed by atoms with Gasteiger partial charge in [0.2, 0.25) is 0 Å². The van der Waals surface area contributed by atoms with Crippen molar-refractivity contribution in [1.82, 2.24) is 9.97 Å². The van der Waals surface area contributed by atoms with Gasteiger partial charge in [-0.2, -0.15) is 0 Å². The number of aliphatic hydroxyl groups is 1. The predicted octanol–water partition coefficient (Wildman–Crippen LogP) is 2.38. The largest absolute Gasteiger partial charge is 0.490 e. The molecular weight excluding hydrogens is 382 g/mol. The van der Waals surface area contributed by atoms with Gasteiger partial charge >= 0.3 is 0 Å². The highest BCUT2D eigenvalue weighted by atomic mass is 16.6. The van der Waals surface area contributed by atoms with Gasteiger partial charge in [-0.25, -0.2) is 9.97 Å².